The average molecular weight is 424 g/mol. The number of nitrogens with two attached hydrogens (primary N) is 1. The van der Waals surface area contributed by atoms with Gasteiger partial charge in [-0.05, 0) is 37.1 Å². The summed E-state index contributed by atoms with van der Waals surface area (Å²) in [5.74, 6) is -1.19. The smallest absolute Gasteiger partial charge is 0.322 e. The van der Waals surface area contributed by atoms with Crippen molar-refractivity contribution in [1.82, 2.24) is 10.6 Å². The Labute approximate surface area is 179 Å². The molecular weight excluding hydrogens is 400 g/mol. The van der Waals surface area contributed by atoms with Crippen LogP contribution in [0.3, 0.4) is 0 Å². The van der Waals surface area contributed by atoms with Gasteiger partial charge >= 0.3 is 6.03 Å². The van der Waals surface area contributed by atoms with Gasteiger partial charge in [0.15, 0.2) is 5.78 Å². The van der Waals surface area contributed by atoms with Gasteiger partial charge in [-0.3, -0.25) is 19.7 Å². The van der Waals surface area contributed by atoms with E-state index in [1.807, 2.05) is 24.3 Å². The minimum absolute atomic E-state index is 0.0119. The lowest BCUT2D eigenvalue weighted by Crippen LogP contribution is -2.40. The monoisotopic (exact) mass is 424 g/mol. The van der Waals surface area contributed by atoms with E-state index in [0.29, 0.717) is 17.7 Å². The molecule has 1 heterocycles. The average Bonchev–Trinajstić information content (AvgIpc) is 3.00. The number of amides is 3. The molecule has 3 rings (SSSR count). The summed E-state index contributed by atoms with van der Waals surface area (Å²) in [4.78, 5) is 42.6. The Balaban J connectivity index is 0.000000278. The van der Waals surface area contributed by atoms with Crippen LogP contribution in [0.5, 0.6) is 0 Å². The number of urea groups is 1. The van der Waals surface area contributed by atoms with Gasteiger partial charge in [0.1, 0.15) is 5.54 Å². The van der Waals surface area contributed by atoms with Crippen molar-refractivity contribution < 1.29 is 24.3 Å². The Hall–Kier alpha value is -4.03. The maximum atomic E-state index is 11.7. The number of imide groups is 1. The van der Waals surface area contributed by atoms with E-state index in [-0.39, 0.29) is 11.7 Å². The first-order valence-electron chi connectivity index (χ1n) is 9.17. The number of ketones is 1. The zero-order valence-electron chi connectivity index (χ0n) is 17.4. The summed E-state index contributed by atoms with van der Waals surface area (Å²) in [6.07, 6.45) is 0. The molecule has 2 aromatic carbocycles. The minimum atomic E-state index is -0.998. The maximum Gasteiger partial charge on any atom is 0.322 e. The van der Waals surface area contributed by atoms with E-state index in [9.17, 15) is 14.4 Å². The highest BCUT2D eigenvalue weighted by Crippen LogP contribution is 2.24. The molecule has 162 valence electrons. The third kappa shape index (κ3) is 7.38. The predicted molar refractivity (Wildman–Crippen MR) is 113 cm³/mol. The summed E-state index contributed by atoms with van der Waals surface area (Å²) in [7, 11) is 0. The Morgan fingerprint density at radius 2 is 1.74 bits per heavy atom. The molecule has 9 heteroatoms. The number of carbonyl (C=O) groups is 4. The Morgan fingerprint density at radius 3 is 2.23 bits per heavy atom. The van der Waals surface area contributed by atoms with Crippen LogP contribution in [-0.4, -0.2) is 28.8 Å². The number of nitrogens with zero attached hydrogens (tertiary/aromatic N) is 1. The molecule has 1 unspecified atom stereocenters. The molecule has 2 aromatic rings. The van der Waals surface area contributed by atoms with E-state index >= 15 is 0 Å². The van der Waals surface area contributed by atoms with Crippen molar-refractivity contribution in [3.8, 4) is 6.07 Å². The number of aliphatic carboxylic acids is 1. The molecule has 1 fully saturated rings. The molecule has 5 N–H and O–H groups in total. The van der Waals surface area contributed by atoms with Gasteiger partial charge in [-0.25, -0.2) is 4.79 Å². The van der Waals surface area contributed by atoms with Gasteiger partial charge in [-0.1, -0.05) is 36.4 Å². The number of hydrogen-bond donors (Lipinski definition) is 4. The van der Waals surface area contributed by atoms with Crippen molar-refractivity contribution in [3.05, 3.63) is 70.8 Å². The number of Topliss-reactive ketones (excluding diaryl/α,β-unsaturated/α-hetero) is 1. The number of hydrogen-bond acceptors (Lipinski definition) is 6. The van der Waals surface area contributed by atoms with Crippen molar-refractivity contribution in [2.24, 2.45) is 5.73 Å². The van der Waals surface area contributed by atoms with Crippen molar-refractivity contribution >= 4 is 23.7 Å². The van der Waals surface area contributed by atoms with Crippen molar-refractivity contribution in [2.75, 3.05) is 0 Å². The fraction of sp³-hybridized carbons (Fsp3) is 0.227. The van der Waals surface area contributed by atoms with Crippen LogP contribution >= 0.6 is 0 Å². The number of benzene rings is 2. The lowest BCUT2D eigenvalue weighted by Gasteiger charge is -2.21. The van der Waals surface area contributed by atoms with Crippen LogP contribution < -0.4 is 16.4 Å². The zero-order chi connectivity index (χ0) is 23.6. The Morgan fingerprint density at radius 1 is 1.13 bits per heavy atom. The lowest BCUT2D eigenvalue weighted by molar-refractivity contribution is -0.134. The van der Waals surface area contributed by atoms with Gasteiger partial charge in [0, 0.05) is 19.0 Å². The van der Waals surface area contributed by atoms with E-state index < -0.39 is 17.5 Å². The third-order valence-corrected chi connectivity index (χ3v) is 4.18. The van der Waals surface area contributed by atoms with E-state index in [0.717, 1.165) is 18.1 Å². The summed E-state index contributed by atoms with van der Waals surface area (Å²) in [6.45, 7) is 4.64. The molecule has 31 heavy (non-hydrogen) atoms. The summed E-state index contributed by atoms with van der Waals surface area (Å²) < 4.78 is 0. The molecule has 0 aliphatic carbocycles. The van der Waals surface area contributed by atoms with Gasteiger partial charge in [0.25, 0.3) is 11.9 Å². The molecular formula is C22H24N4O5. The summed E-state index contributed by atoms with van der Waals surface area (Å²) in [6, 6.07) is 15.5. The normalized spacial score (nSPS) is 16.4. The number of carboxylic acids is 1. The largest absolute Gasteiger partial charge is 0.481 e. The molecule has 1 atom stereocenters. The molecule has 1 saturated heterocycles. The minimum Gasteiger partial charge on any atom is -0.481 e. The second-order valence-corrected chi connectivity index (χ2v) is 6.71. The van der Waals surface area contributed by atoms with Gasteiger partial charge in [-0.2, -0.15) is 5.26 Å². The van der Waals surface area contributed by atoms with Crippen molar-refractivity contribution in [2.45, 2.75) is 32.9 Å². The molecule has 3 amide bonds. The van der Waals surface area contributed by atoms with Gasteiger partial charge in [0.05, 0.1) is 11.6 Å². The maximum absolute atomic E-state index is 11.7. The van der Waals surface area contributed by atoms with Crippen LogP contribution in [0, 0.1) is 11.3 Å². The van der Waals surface area contributed by atoms with Crippen molar-refractivity contribution in [1.29, 1.82) is 5.26 Å². The SMILES string of the molecule is CC(=O)O.CC(=O)c1cccc(C#N)c1.CC1(c2cccc(CN)c2)NC(=O)NC1=O. The standard InChI is InChI=1S/C11H13N3O2.C9H7NO.C2H4O2/c1-11(9(15)13-10(16)14-11)8-4-2-3-7(5-8)6-12;1-7(11)9-4-2-3-8(5-9)6-10;1-2(3)4/h2-5H,6,12H2,1H3,(H2,13,14,15,16);2-5H,1H3;1H3,(H,3,4). The highest BCUT2D eigenvalue weighted by Gasteiger charge is 2.43. The number of nitrogens with one attached hydrogen (secondary N) is 2. The molecule has 9 nitrogen and oxygen atoms in total. The topological polar surface area (TPSA) is 162 Å². The highest BCUT2D eigenvalue weighted by molar-refractivity contribution is 6.07. The number of carboxylic acid groups (broad SMARTS) is 1. The molecule has 1 aliphatic heterocycles. The van der Waals surface area contributed by atoms with Crippen LogP contribution in [0.15, 0.2) is 48.5 Å². The first kappa shape index (κ1) is 25.0. The first-order valence-corrected chi connectivity index (χ1v) is 9.17. The first-order chi connectivity index (χ1) is 14.5. The van der Waals surface area contributed by atoms with Gasteiger partial charge in [-0.15, -0.1) is 0 Å². The number of carbonyl (C=O) groups excluding carboxylic acids is 3. The fourth-order valence-electron chi connectivity index (χ4n) is 2.56. The van der Waals surface area contributed by atoms with Gasteiger partial charge in [0.2, 0.25) is 0 Å². The van der Waals surface area contributed by atoms with Crippen LogP contribution in [0.4, 0.5) is 4.79 Å². The molecule has 0 aromatic heterocycles. The second kappa shape index (κ2) is 11.2. The van der Waals surface area contributed by atoms with E-state index in [1.54, 1.807) is 37.3 Å². The number of rotatable bonds is 3. The summed E-state index contributed by atoms with van der Waals surface area (Å²) in [5.41, 5.74) is 7.31. The molecule has 0 radical (unpaired) electrons. The molecule has 1 aliphatic rings. The van der Waals surface area contributed by atoms with Crippen LogP contribution in [0.25, 0.3) is 0 Å². The summed E-state index contributed by atoms with van der Waals surface area (Å²) in [5, 5.41) is 20.7. The Bertz CT molecular complexity index is 1020. The predicted octanol–water partition coefficient (Wildman–Crippen LogP) is 2.05. The van der Waals surface area contributed by atoms with E-state index in [1.165, 1.54) is 6.92 Å². The third-order valence-electron chi connectivity index (χ3n) is 4.18. The van der Waals surface area contributed by atoms with Gasteiger partial charge < -0.3 is 16.2 Å². The zero-order valence-corrected chi connectivity index (χ0v) is 17.4. The quantitative estimate of drug-likeness (QED) is 0.433. The van der Waals surface area contributed by atoms with Crippen molar-refractivity contribution in [3.63, 3.8) is 0 Å². The number of nitriles is 1. The fourth-order valence-corrected chi connectivity index (χ4v) is 2.56. The van der Waals surface area contributed by atoms with Crippen LogP contribution in [0.1, 0.15) is 47.8 Å². The summed E-state index contributed by atoms with van der Waals surface area (Å²) >= 11 is 0. The molecule has 0 spiro atoms. The Kier molecular flexibility index (Phi) is 9.06. The second-order valence-electron chi connectivity index (χ2n) is 6.71. The van der Waals surface area contributed by atoms with E-state index in [2.05, 4.69) is 10.6 Å². The van der Waals surface area contributed by atoms with Crippen LogP contribution in [0.2, 0.25) is 0 Å². The lowest BCUT2D eigenvalue weighted by atomic mass is 9.91. The highest BCUT2D eigenvalue weighted by atomic mass is 16.4. The molecule has 0 bridgehead atoms. The molecule has 0 saturated carbocycles. The van der Waals surface area contributed by atoms with E-state index in [4.69, 9.17) is 20.9 Å². The van der Waals surface area contributed by atoms with Crippen LogP contribution in [-0.2, 0) is 21.7 Å².